The maximum atomic E-state index is 5.75. The Kier molecular flexibility index (Phi) is 1.96. The van der Waals surface area contributed by atoms with Gasteiger partial charge in [0.2, 0.25) is 0 Å². The van der Waals surface area contributed by atoms with E-state index >= 15 is 0 Å². The molecular weight excluding hydrogens is 186 g/mol. The Morgan fingerprint density at radius 2 is 2.15 bits per heavy atom. The average Bonchev–Trinajstić information content (AvgIpc) is 2.46. The van der Waals surface area contributed by atoms with Crippen LogP contribution in [0, 0.1) is 0 Å². The second-order valence-electron chi connectivity index (χ2n) is 3.25. The molecule has 0 saturated carbocycles. The Labute approximate surface area is 81.3 Å². The van der Waals surface area contributed by atoms with Gasteiger partial charge in [-0.1, -0.05) is 11.6 Å². The SMILES string of the molecule is CC(C)n1cc2ccc(Cl)nc2n1. The monoisotopic (exact) mass is 195 g/mol. The molecule has 0 unspecified atom stereocenters. The van der Waals surface area contributed by atoms with Crippen molar-refractivity contribution in [2.24, 2.45) is 0 Å². The van der Waals surface area contributed by atoms with Crippen molar-refractivity contribution in [3.05, 3.63) is 23.5 Å². The molecule has 0 spiro atoms. The van der Waals surface area contributed by atoms with Crippen LogP contribution in [0.1, 0.15) is 19.9 Å². The van der Waals surface area contributed by atoms with Crippen LogP contribution in [0.25, 0.3) is 11.0 Å². The Morgan fingerprint density at radius 3 is 2.85 bits per heavy atom. The lowest BCUT2D eigenvalue weighted by Gasteiger charge is -2.01. The Balaban J connectivity index is 2.62. The molecule has 68 valence electrons. The lowest BCUT2D eigenvalue weighted by Crippen LogP contribution is -2.00. The fourth-order valence-corrected chi connectivity index (χ4v) is 1.31. The van der Waals surface area contributed by atoms with Crippen LogP contribution in [0.15, 0.2) is 18.3 Å². The molecular formula is C9H10ClN3. The molecule has 13 heavy (non-hydrogen) atoms. The summed E-state index contributed by atoms with van der Waals surface area (Å²) in [7, 11) is 0. The molecule has 0 aliphatic carbocycles. The van der Waals surface area contributed by atoms with Crippen molar-refractivity contribution >= 4 is 22.6 Å². The van der Waals surface area contributed by atoms with E-state index in [1.807, 2.05) is 16.9 Å². The third-order valence-electron chi connectivity index (χ3n) is 1.88. The minimum atomic E-state index is 0.355. The number of pyridine rings is 1. The second-order valence-corrected chi connectivity index (χ2v) is 3.64. The van der Waals surface area contributed by atoms with Crippen LogP contribution in [0.3, 0.4) is 0 Å². The van der Waals surface area contributed by atoms with Crippen molar-refractivity contribution in [1.82, 2.24) is 14.8 Å². The van der Waals surface area contributed by atoms with E-state index in [1.165, 1.54) is 0 Å². The van der Waals surface area contributed by atoms with Gasteiger partial charge in [0.15, 0.2) is 5.65 Å². The van der Waals surface area contributed by atoms with Gasteiger partial charge in [0.05, 0.1) is 0 Å². The number of hydrogen-bond acceptors (Lipinski definition) is 2. The van der Waals surface area contributed by atoms with Crippen LogP contribution < -0.4 is 0 Å². The first-order valence-electron chi connectivity index (χ1n) is 4.18. The number of aromatic nitrogens is 3. The summed E-state index contributed by atoms with van der Waals surface area (Å²) in [4.78, 5) is 4.11. The first-order valence-corrected chi connectivity index (χ1v) is 4.56. The Morgan fingerprint density at radius 1 is 1.38 bits per heavy atom. The molecule has 0 N–H and O–H groups in total. The van der Waals surface area contributed by atoms with Crippen molar-refractivity contribution in [3.63, 3.8) is 0 Å². The van der Waals surface area contributed by atoms with E-state index < -0.39 is 0 Å². The van der Waals surface area contributed by atoms with E-state index in [9.17, 15) is 0 Å². The second kappa shape index (κ2) is 3.00. The molecule has 0 aliphatic rings. The number of fused-ring (bicyclic) bond motifs is 1. The van der Waals surface area contributed by atoms with Crippen molar-refractivity contribution < 1.29 is 0 Å². The van der Waals surface area contributed by atoms with Gasteiger partial charge in [-0.2, -0.15) is 5.10 Å². The largest absolute Gasteiger partial charge is 0.267 e. The number of halogens is 1. The van der Waals surface area contributed by atoms with Gasteiger partial charge in [0, 0.05) is 17.6 Å². The van der Waals surface area contributed by atoms with Gasteiger partial charge in [-0.05, 0) is 26.0 Å². The zero-order valence-corrected chi connectivity index (χ0v) is 8.28. The molecule has 2 aromatic heterocycles. The molecule has 4 heteroatoms. The predicted molar refractivity (Wildman–Crippen MR) is 52.9 cm³/mol. The highest BCUT2D eigenvalue weighted by Gasteiger charge is 2.04. The van der Waals surface area contributed by atoms with Gasteiger partial charge < -0.3 is 0 Å². The summed E-state index contributed by atoms with van der Waals surface area (Å²) in [5.74, 6) is 0. The first kappa shape index (κ1) is 8.51. The zero-order chi connectivity index (χ0) is 9.42. The average molecular weight is 196 g/mol. The minimum absolute atomic E-state index is 0.355. The van der Waals surface area contributed by atoms with Crippen LogP contribution in [0.4, 0.5) is 0 Å². The summed E-state index contributed by atoms with van der Waals surface area (Å²) in [6.07, 6.45) is 1.98. The normalized spacial score (nSPS) is 11.4. The van der Waals surface area contributed by atoms with E-state index in [-0.39, 0.29) is 0 Å². The summed E-state index contributed by atoms with van der Waals surface area (Å²) < 4.78 is 1.88. The fourth-order valence-electron chi connectivity index (χ4n) is 1.16. The van der Waals surface area contributed by atoms with Crippen LogP contribution in [-0.2, 0) is 0 Å². The molecule has 0 amide bonds. The highest BCUT2D eigenvalue weighted by Crippen LogP contribution is 2.15. The molecule has 0 atom stereocenters. The molecule has 2 heterocycles. The van der Waals surface area contributed by atoms with Crippen LogP contribution >= 0.6 is 11.6 Å². The molecule has 0 saturated heterocycles. The molecule has 0 radical (unpaired) electrons. The maximum Gasteiger partial charge on any atom is 0.182 e. The quantitative estimate of drug-likeness (QED) is 0.655. The molecule has 2 aromatic rings. The topological polar surface area (TPSA) is 30.7 Å². The predicted octanol–water partition coefficient (Wildman–Crippen LogP) is 2.67. The van der Waals surface area contributed by atoms with Gasteiger partial charge in [0.25, 0.3) is 0 Å². The smallest absolute Gasteiger partial charge is 0.182 e. The first-order chi connectivity index (χ1) is 6.16. The van der Waals surface area contributed by atoms with Crippen LogP contribution in [0.2, 0.25) is 5.15 Å². The lowest BCUT2D eigenvalue weighted by atomic mass is 10.3. The summed E-state index contributed by atoms with van der Waals surface area (Å²) in [5.41, 5.74) is 0.709. The third-order valence-corrected chi connectivity index (χ3v) is 2.09. The summed E-state index contributed by atoms with van der Waals surface area (Å²) in [5, 5.41) is 5.81. The minimum Gasteiger partial charge on any atom is -0.267 e. The summed E-state index contributed by atoms with van der Waals surface area (Å²) >= 11 is 5.75. The Bertz CT molecular complexity index is 433. The van der Waals surface area contributed by atoms with Gasteiger partial charge in [-0.3, -0.25) is 4.68 Å². The molecule has 0 fully saturated rings. The standard InChI is InChI=1S/C9H10ClN3/c1-6(2)13-5-7-3-4-8(10)11-9(7)12-13/h3-6H,1-2H3. The van der Waals surface area contributed by atoms with Crippen molar-refractivity contribution in [1.29, 1.82) is 0 Å². The van der Waals surface area contributed by atoms with Crippen molar-refractivity contribution in [2.75, 3.05) is 0 Å². The molecule has 3 nitrogen and oxygen atoms in total. The third kappa shape index (κ3) is 1.52. The summed E-state index contributed by atoms with van der Waals surface area (Å²) in [6.45, 7) is 4.15. The maximum absolute atomic E-state index is 5.75. The van der Waals surface area contributed by atoms with E-state index in [1.54, 1.807) is 6.07 Å². The number of hydrogen-bond donors (Lipinski definition) is 0. The lowest BCUT2D eigenvalue weighted by molar-refractivity contribution is 0.536. The van der Waals surface area contributed by atoms with Crippen molar-refractivity contribution in [3.8, 4) is 0 Å². The van der Waals surface area contributed by atoms with E-state index in [0.717, 1.165) is 5.39 Å². The molecule has 2 rings (SSSR count). The number of rotatable bonds is 1. The highest BCUT2D eigenvalue weighted by atomic mass is 35.5. The van der Waals surface area contributed by atoms with Crippen LogP contribution in [-0.4, -0.2) is 14.8 Å². The van der Waals surface area contributed by atoms with E-state index in [4.69, 9.17) is 11.6 Å². The Hall–Kier alpha value is -1.09. The fraction of sp³-hybridized carbons (Fsp3) is 0.333. The van der Waals surface area contributed by atoms with Gasteiger partial charge in [0.1, 0.15) is 5.15 Å². The van der Waals surface area contributed by atoms with Gasteiger partial charge in [-0.25, -0.2) is 4.98 Å². The molecule has 0 aromatic carbocycles. The van der Waals surface area contributed by atoms with Gasteiger partial charge in [-0.15, -0.1) is 0 Å². The zero-order valence-electron chi connectivity index (χ0n) is 7.53. The van der Waals surface area contributed by atoms with Gasteiger partial charge >= 0.3 is 0 Å². The molecule has 0 bridgehead atoms. The number of nitrogens with zero attached hydrogens (tertiary/aromatic N) is 3. The van der Waals surface area contributed by atoms with E-state index in [2.05, 4.69) is 23.9 Å². The van der Waals surface area contributed by atoms with Crippen molar-refractivity contribution in [2.45, 2.75) is 19.9 Å². The summed E-state index contributed by atoms with van der Waals surface area (Å²) in [6, 6.07) is 4.06. The molecule has 0 aliphatic heterocycles. The van der Waals surface area contributed by atoms with Crippen LogP contribution in [0.5, 0.6) is 0 Å². The van der Waals surface area contributed by atoms with E-state index in [0.29, 0.717) is 16.8 Å². The highest BCUT2D eigenvalue weighted by molar-refractivity contribution is 6.29.